The molecule has 27 heavy (non-hydrogen) atoms. The second-order valence-electron chi connectivity index (χ2n) is 6.40. The Bertz CT molecular complexity index is 847. The van der Waals surface area contributed by atoms with E-state index in [9.17, 15) is 14.4 Å². The van der Waals surface area contributed by atoms with Gasteiger partial charge in [-0.25, -0.2) is 9.78 Å². The number of thiazole rings is 1. The summed E-state index contributed by atoms with van der Waals surface area (Å²) in [6.45, 7) is 2.81. The molecule has 1 fully saturated rings. The largest absolute Gasteiger partial charge is 0.476 e. The van der Waals surface area contributed by atoms with Crippen molar-refractivity contribution in [2.45, 2.75) is 26.2 Å². The van der Waals surface area contributed by atoms with E-state index < -0.39 is 5.97 Å². The van der Waals surface area contributed by atoms with Crippen molar-refractivity contribution in [2.24, 2.45) is 5.92 Å². The Morgan fingerprint density at radius 2 is 2.07 bits per heavy atom. The van der Waals surface area contributed by atoms with E-state index in [0.717, 1.165) is 12.1 Å². The van der Waals surface area contributed by atoms with Crippen molar-refractivity contribution in [3.8, 4) is 0 Å². The predicted molar refractivity (Wildman–Crippen MR) is 102 cm³/mol. The SMILES string of the molecule is CCc1ccc(N2CC(C(=O)NCCc3nc(C(=O)O)cs3)CC2=O)cc1. The first-order valence-corrected chi connectivity index (χ1v) is 9.70. The van der Waals surface area contributed by atoms with Crippen molar-refractivity contribution in [3.63, 3.8) is 0 Å². The molecule has 0 bridgehead atoms. The molecular formula is C19H21N3O4S. The molecule has 2 N–H and O–H groups in total. The van der Waals surface area contributed by atoms with Gasteiger partial charge in [0.2, 0.25) is 11.8 Å². The van der Waals surface area contributed by atoms with Gasteiger partial charge in [0.05, 0.1) is 10.9 Å². The minimum absolute atomic E-state index is 0.0208. The summed E-state index contributed by atoms with van der Waals surface area (Å²) < 4.78 is 0. The molecule has 1 atom stereocenters. The van der Waals surface area contributed by atoms with E-state index in [1.54, 1.807) is 4.90 Å². The van der Waals surface area contributed by atoms with Crippen molar-refractivity contribution in [2.75, 3.05) is 18.0 Å². The van der Waals surface area contributed by atoms with Crippen LogP contribution < -0.4 is 10.2 Å². The van der Waals surface area contributed by atoms with Crippen LogP contribution in [0.15, 0.2) is 29.6 Å². The number of rotatable bonds is 7. The fourth-order valence-electron chi connectivity index (χ4n) is 3.01. The van der Waals surface area contributed by atoms with Gasteiger partial charge in [-0.3, -0.25) is 9.59 Å². The summed E-state index contributed by atoms with van der Waals surface area (Å²) in [5.41, 5.74) is 2.04. The van der Waals surface area contributed by atoms with Crippen molar-refractivity contribution in [1.82, 2.24) is 10.3 Å². The van der Waals surface area contributed by atoms with E-state index in [1.165, 1.54) is 22.3 Å². The number of aromatic carboxylic acids is 1. The quantitative estimate of drug-likeness (QED) is 0.758. The highest BCUT2D eigenvalue weighted by atomic mass is 32.1. The van der Waals surface area contributed by atoms with E-state index >= 15 is 0 Å². The molecule has 2 amide bonds. The number of carbonyl (C=O) groups excluding carboxylic acids is 2. The smallest absolute Gasteiger partial charge is 0.355 e. The topological polar surface area (TPSA) is 99.6 Å². The molecule has 1 aromatic heterocycles. The maximum Gasteiger partial charge on any atom is 0.355 e. The molecule has 7 nitrogen and oxygen atoms in total. The minimum atomic E-state index is -1.06. The second-order valence-corrected chi connectivity index (χ2v) is 7.34. The first-order valence-electron chi connectivity index (χ1n) is 8.82. The summed E-state index contributed by atoms with van der Waals surface area (Å²) in [5.74, 6) is -1.65. The Kier molecular flexibility index (Phi) is 5.85. The average molecular weight is 387 g/mol. The lowest BCUT2D eigenvalue weighted by atomic mass is 10.1. The molecular weight excluding hydrogens is 366 g/mol. The van der Waals surface area contributed by atoms with E-state index in [2.05, 4.69) is 17.2 Å². The van der Waals surface area contributed by atoms with Gasteiger partial charge >= 0.3 is 5.97 Å². The Morgan fingerprint density at radius 1 is 1.33 bits per heavy atom. The number of carbonyl (C=O) groups is 3. The van der Waals surface area contributed by atoms with Crippen LogP contribution in [0.4, 0.5) is 5.69 Å². The number of nitrogens with zero attached hydrogens (tertiary/aromatic N) is 2. The van der Waals surface area contributed by atoms with E-state index in [1.807, 2.05) is 24.3 Å². The van der Waals surface area contributed by atoms with Crippen LogP contribution in [0.25, 0.3) is 0 Å². The normalized spacial score (nSPS) is 16.6. The van der Waals surface area contributed by atoms with E-state index in [-0.39, 0.29) is 29.8 Å². The number of aromatic nitrogens is 1. The Hall–Kier alpha value is -2.74. The molecule has 3 rings (SSSR count). The highest BCUT2D eigenvalue weighted by Crippen LogP contribution is 2.25. The minimum Gasteiger partial charge on any atom is -0.476 e. The zero-order valence-corrected chi connectivity index (χ0v) is 15.8. The molecule has 2 aromatic rings. The molecule has 0 saturated carbocycles. The number of carboxylic acid groups (broad SMARTS) is 1. The lowest BCUT2D eigenvalue weighted by Gasteiger charge is -2.17. The van der Waals surface area contributed by atoms with Gasteiger partial charge in [0.15, 0.2) is 5.69 Å². The number of carboxylic acids is 1. The van der Waals surface area contributed by atoms with E-state index in [0.29, 0.717) is 24.5 Å². The summed E-state index contributed by atoms with van der Waals surface area (Å²) >= 11 is 1.26. The highest BCUT2D eigenvalue weighted by Gasteiger charge is 2.34. The van der Waals surface area contributed by atoms with Crippen molar-refractivity contribution >= 4 is 34.8 Å². The maximum absolute atomic E-state index is 12.4. The molecule has 2 heterocycles. The first kappa shape index (κ1) is 19.0. The van der Waals surface area contributed by atoms with Crippen LogP contribution in [0.3, 0.4) is 0 Å². The molecule has 142 valence electrons. The molecule has 1 aliphatic rings. The second kappa shape index (κ2) is 8.30. The third kappa shape index (κ3) is 4.51. The summed E-state index contributed by atoms with van der Waals surface area (Å²) in [6, 6.07) is 7.82. The molecule has 0 radical (unpaired) electrons. The molecule has 1 aliphatic heterocycles. The Balaban J connectivity index is 1.51. The zero-order chi connectivity index (χ0) is 19.4. The number of benzene rings is 1. The van der Waals surface area contributed by atoms with Crippen LogP contribution in [-0.2, 0) is 22.4 Å². The van der Waals surface area contributed by atoms with Crippen LogP contribution in [-0.4, -0.2) is 41.0 Å². The van der Waals surface area contributed by atoms with Crippen molar-refractivity contribution in [1.29, 1.82) is 0 Å². The number of nitrogens with one attached hydrogen (secondary N) is 1. The number of hydrogen-bond donors (Lipinski definition) is 2. The Labute approximate surface area is 161 Å². The standard InChI is InChI=1S/C19H21N3O4S/c1-2-12-3-5-14(6-4-12)22-10-13(9-17(22)23)18(24)20-8-7-16-21-15(11-27-16)19(25)26/h3-6,11,13H,2,7-10H2,1H3,(H,20,24)(H,25,26). The number of amides is 2. The van der Waals surface area contributed by atoms with Gasteiger partial charge in [-0.2, -0.15) is 0 Å². The van der Waals surface area contributed by atoms with Gasteiger partial charge in [0, 0.05) is 37.0 Å². The monoisotopic (exact) mass is 387 g/mol. The van der Waals surface area contributed by atoms with Crippen LogP contribution in [0, 0.1) is 5.92 Å². The van der Waals surface area contributed by atoms with E-state index in [4.69, 9.17) is 5.11 Å². The maximum atomic E-state index is 12.4. The molecule has 0 spiro atoms. The van der Waals surface area contributed by atoms with Gasteiger partial charge in [-0.05, 0) is 24.1 Å². The van der Waals surface area contributed by atoms with Crippen LogP contribution in [0.1, 0.15) is 34.4 Å². The molecule has 1 saturated heterocycles. The summed E-state index contributed by atoms with van der Waals surface area (Å²) in [6.07, 6.45) is 1.60. The van der Waals surface area contributed by atoms with Gasteiger partial charge in [0.25, 0.3) is 0 Å². The van der Waals surface area contributed by atoms with Crippen LogP contribution in [0.5, 0.6) is 0 Å². The average Bonchev–Trinajstić information content (AvgIpc) is 3.29. The lowest BCUT2D eigenvalue weighted by molar-refractivity contribution is -0.126. The zero-order valence-electron chi connectivity index (χ0n) is 15.0. The summed E-state index contributed by atoms with van der Waals surface area (Å²) in [4.78, 5) is 41.1. The third-order valence-corrected chi connectivity index (χ3v) is 5.47. The van der Waals surface area contributed by atoms with Crippen LogP contribution in [0.2, 0.25) is 0 Å². The predicted octanol–water partition coefficient (Wildman–Crippen LogP) is 2.12. The highest BCUT2D eigenvalue weighted by molar-refractivity contribution is 7.09. The number of hydrogen-bond acceptors (Lipinski definition) is 5. The molecule has 1 unspecified atom stereocenters. The summed E-state index contributed by atoms with van der Waals surface area (Å²) in [7, 11) is 0. The molecule has 1 aromatic carbocycles. The van der Waals surface area contributed by atoms with Crippen molar-refractivity contribution in [3.05, 3.63) is 45.9 Å². The molecule has 0 aliphatic carbocycles. The summed E-state index contributed by atoms with van der Waals surface area (Å²) in [5, 5.41) is 13.8. The van der Waals surface area contributed by atoms with Gasteiger partial charge < -0.3 is 15.3 Å². The third-order valence-electron chi connectivity index (χ3n) is 4.56. The van der Waals surface area contributed by atoms with Gasteiger partial charge in [-0.15, -0.1) is 11.3 Å². The van der Waals surface area contributed by atoms with Gasteiger partial charge in [-0.1, -0.05) is 19.1 Å². The molecule has 8 heteroatoms. The first-order chi connectivity index (χ1) is 13.0. The number of aryl methyl sites for hydroxylation is 1. The number of anilines is 1. The van der Waals surface area contributed by atoms with Crippen molar-refractivity contribution < 1.29 is 19.5 Å². The fourth-order valence-corrected chi connectivity index (χ4v) is 3.78. The van der Waals surface area contributed by atoms with Gasteiger partial charge in [0.1, 0.15) is 0 Å². The lowest BCUT2D eigenvalue weighted by Crippen LogP contribution is -2.34. The van der Waals surface area contributed by atoms with Crippen LogP contribution >= 0.6 is 11.3 Å². The Morgan fingerprint density at radius 3 is 2.70 bits per heavy atom. The fraction of sp³-hybridized carbons (Fsp3) is 0.368.